The average Bonchev–Trinajstić information content (AvgIpc) is 1.87. The Balaban J connectivity index is 3.58. The summed E-state index contributed by atoms with van der Waals surface area (Å²) in [5, 5.41) is 0. The minimum absolute atomic E-state index is 0.741. The van der Waals surface area contributed by atoms with Crippen molar-refractivity contribution in [3.8, 4) is 0 Å². The molecule has 0 aliphatic rings. The van der Waals surface area contributed by atoms with E-state index >= 15 is 0 Å². The molecule has 0 aromatic carbocycles. The summed E-state index contributed by atoms with van der Waals surface area (Å²) < 4.78 is 0. The van der Waals surface area contributed by atoms with E-state index in [0.717, 1.165) is 0 Å². The molecule has 0 rings (SSSR count). The first kappa shape index (κ1) is 9.05. The molecule has 0 aliphatic carbocycles. The molecule has 8 heavy (non-hydrogen) atoms. The second-order valence-corrected chi connectivity index (χ2v) is 12.1. The Labute approximate surface area is 63.0 Å². The summed E-state index contributed by atoms with van der Waals surface area (Å²) in [4.78, 5) is 0. The first-order valence-corrected chi connectivity index (χ1v) is 8.44. The molecule has 0 saturated heterocycles. The van der Waals surface area contributed by atoms with Gasteiger partial charge in [0.2, 0.25) is 0 Å². The Bertz CT molecular complexity index is 51.3. The maximum absolute atomic E-state index is 2.99. The molecule has 0 aromatic heterocycles. The fourth-order valence-corrected chi connectivity index (χ4v) is 2.25. The van der Waals surface area contributed by atoms with Gasteiger partial charge in [-0.1, -0.05) is 0 Å². The predicted octanol–water partition coefficient (Wildman–Crippen LogP) is 2.26. The summed E-state index contributed by atoms with van der Waals surface area (Å²) in [6.45, 7) is 6.95. The van der Waals surface area contributed by atoms with Crippen molar-refractivity contribution in [3.63, 3.8) is 0 Å². The van der Waals surface area contributed by atoms with Crippen LogP contribution >= 0.6 is 5.59 Å². The van der Waals surface area contributed by atoms with Crippen molar-refractivity contribution in [2.45, 2.75) is 20.8 Å². The van der Waals surface area contributed by atoms with Crippen LogP contribution in [0.5, 0.6) is 0 Å². The SMILES string of the molecule is CC[PH]([Ru])(CC)CC. The van der Waals surface area contributed by atoms with Crippen LogP contribution in [0, 0.1) is 0 Å². The van der Waals surface area contributed by atoms with Crippen LogP contribution in [0.25, 0.3) is 0 Å². The van der Waals surface area contributed by atoms with Crippen LogP contribution in [0.2, 0.25) is 0 Å². The normalized spacial score (nSPS) is 14.0. The van der Waals surface area contributed by atoms with E-state index < -0.39 is 5.59 Å². The fraction of sp³-hybridized carbons (Fsp3) is 1.00. The summed E-state index contributed by atoms with van der Waals surface area (Å²) in [5.74, 6) is 0. The van der Waals surface area contributed by atoms with E-state index in [1.165, 1.54) is 18.5 Å². The van der Waals surface area contributed by atoms with Crippen LogP contribution in [0.15, 0.2) is 0 Å². The van der Waals surface area contributed by atoms with Crippen molar-refractivity contribution < 1.29 is 17.8 Å². The summed E-state index contributed by atoms with van der Waals surface area (Å²) >= 11 is 2.99. The third kappa shape index (κ3) is 2.56. The van der Waals surface area contributed by atoms with Gasteiger partial charge in [-0.05, 0) is 0 Å². The van der Waals surface area contributed by atoms with E-state index in [-0.39, 0.29) is 0 Å². The molecule has 0 heterocycles. The Morgan fingerprint density at radius 2 is 1.25 bits per heavy atom. The molecule has 0 fully saturated rings. The van der Waals surface area contributed by atoms with Crippen molar-refractivity contribution in [3.05, 3.63) is 0 Å². The molecule has 0 atom stereocenters. The zero-order chi connectivity index (χ0) is 6.62. The zero-order valence-corrected chi connectivity index (χ0v) is 8.71. The molecule has 0 N–H and O–H groups in total. The third-order valence-corrected chi connectivity index (χ3v) is 11.2. The number of rotatable bonds is 3. The van der Waals surface area contributed by atoms with Gasteiger partial charge >= 0.3 is 62.7 Å². The molecule has 0 radical (unpaired) electrons. The van der Waals surface area contributed by atoms with Crippen LogP contribution < -0.4 is 0 Å². The van der Waals surface area contributed by atoms with Gasteiger partial charge in [-0.3, -0.25) is 0 Å². The van der Waals surface area contributed by atoms with Crippen LogP contribution in [-0.2, 0) is 17.8 Å². The maximum atomic E-state index is 2.99. The summed E-state index contributed by atoms with van der Waals surface area (Å²) in [7, 11) is 0. The number of hydrogen-bond donors (Lipinski definition) is 0. The molecule has 53 valence electrons. The van der Waals surface area contributed by atoms with Crippen molar-refractivity contribution in [2.75, 3.05) is 18.5 Å². The quantitative estimate of drug-likeness (QED) is 0.505. The van der Waals surface area contributed by atoms with Crippen molar-refractivity contribution in [2.24, 2.45) is 0 Å². The fourth-order valence-electron chi connectivity index (χ4n) is 0.750. The zero-order valence-electron chi connectivity index (χ0n) is 5.97. The van der Waals surface area contributed by atoms with Gasteiger partial charge in [0.05, 0.1) is 0 Å². The van der Waals surface area contributed by atoms with E-state index in [0.29, 0.717) is 0 Å². The van der Waals surface area contributed by atoms with E-state index in [1.807, 2.05) is 0 Å². The predicted molar refractivity (Wildman–Crippen MR) is 39.9 cm³/mol. The van der Waals surface area contributed by atoms with Crippen molar-refractivity contribution >= 4 is 5.59 Å². The molecule has 0 bridgehead atoms. The summed E-state index contributed by atoms with van der Waals surface area (Å²) in [6, 6.07) is 0. The molecule has 2 heteroatoms. The molecule has 0 unspecified atom stereocenters. The van der Waals surface area contributed by atoms with Gasteiger partial charge < -0.3 is 0 Å². The molecule has 0 spiro atoms. The monoisotopic (exact) mass is 221 g/mol. The summed E-state index contributed by atoms with van der Waals surface area (Å²) in [6.07, 6.45) is 4.28. The van der Waals surface area contributed by atoms with E-state index in [2.05, 4.69) is 38.6 Å². The van der Waals surface area contributed by atoms with Gasteiger partial charge in [0, 0.05) is 0 Å². The van der Waals surface area contributed by atoms with Gasteiger partial charge in [0.1, 0.15) is 0 Å². The standard InChI is InChI=1S/C6H15P.Ru/c1-4-7(5-2)6-3;/h4-6H2,1-3H3;/q;-1/p+1. The Morgan fingerprint density at radius 3 is 1.25 bits per heavy atom. The Hall–Kier alpha value is 1.05. The van der Waals surface area contributed by atoms with Gasteiger partial charge in [-0.2, -0.15) is 0 Å². The topological polar surface area (TPSA) is 0 Å². The Kier molecular flexibility index (Phi) is 4.49. The Morgan fingerprint density at radius 1 is 1.00 bits per heavy atom. The van der Waals surface area contributed by atoms with Gasteiger partial charge in [0.25, 0.3) is 0 Å². The van der Waals surface area contributed by atoms with Crippen molar-refractivity contribution in [1.29, 1.82) is 0 Å². The van der Waals surface area contributed by atoms with Crippen LogP contribution in [0.3, 0.4) is 0 Å². The van der Waals surface area contributed by atoms with E-state index in [1.54, 1.807) is 0 Å². The molecule has 0 amide bonds. The van der Waals surface area contributed by atoms with E-state index in [9.17, 15) is 0 Å². The first-order chi connectivity index (χ1) is 3.68. The molecule has 0 nitrogen and oxygen atoms in total. The van der Waals surface area contributed by atoms with Crippen LogP contribution in [0.1, 0.15) is 20.8 Å². The molecule has 0 saturated carbocycles. The number of hydrogen-bond acceptors (Lipinski definition) is 0. The average molecular weight is 220 g/mol. The first-order valence-electron chi connectivity index (χ1n) is 3.36. The van der Waals surface area contributed by atoms with Crippen LogP contribution in [-0.4, -0.2) is 18.5 Å². The van der Waals surface area contributed by atoms with Crippen molar-refractivity contribution in [1.82, 2.24) is 0 Å². The third-order valence-electron chi connectivity index (χ3n) is 1.87. The second kappa shape index (κ2) is 3.96. The molecule has 0 aromatic rings. The van der Waals surface area contributed by atoms with Gasteiger partial charge in [-0.25, -0.2) is 0 Å². The van der Waals surface area contributed by atoms with Crippen LogP contribution in [0.4, 0.5) is 0 Å². The minimum atomic E-state index is -0.741. The van der Waals surface area contributed by atoms with E-state index in [4.69, 9.17) is 0 Å². The molecular weight excluding hydrogens is 204 g/mol. The van der Waals surface area contributed by atoms with Gasteiger partial charge in [0.15, 0.2) is 0 Å². The molecular formula is C6H16PRu. The second-order valence-electron chi connectivity index (χ2n) is 2.19. The summed E-state index contributed by atoms with van der Waals surface area (Å²) in [5.41, 5.74) is -0.741. The van der Waals surface area contributed by atoms with Gasteiger partial charge in [-0.15, -0.1) is 0 Å². The molecule has 0 aliphatic heterocycles.